The van der Waals surface area contributed by atoms with Gasteiger partial charge in [-0.25, -0.2) is 0 Å². The second-order valence-corrected chi connectivity index (χ2v) is 6.87. The van der Waals surface area contributed by atoms with Gasteiger partial charge in [0.1, 0.15) is 17.5 Å². The van der Waals surface area contributed by atoms with E-state index in [1.807, 2.05) is 0 Å². The highest BCUT2D eigenvalue weighted by molar-refractivity contribution is 6.01. The van der Waals surface area contributed by atoms with Crippen LogP contribution in [0.1, 0.15) is 25.7 Å². The van der Waals surface area contributed by atoms with Crippen molar-refractivity contribution in [2.24, 2.45) is 5.92 Å². The smallest absolute Gasteiger partial charge is 0.249 e. The first-order valence-corrected chi connectivity index (χ1v) is 9.15. The third kappa shape index (κ3) is 5.26. The maximum atomic E-state index is 12.7. The minimum Gasteiger partial charge on any atom is -0.497 e. The molecule has 8 heteroatoms. The average Bonchev–Trinajstić information content (AvgIpc) is 3.30. The van der Waals surface area contributed by atoms with Crippen LogP contribution in [0.15, 0.2) is 18.2 Å². The van der Waals surface area contributed by atoms with Gasteiger partial charge in [-0.3, -0.25) is 9.59 Å². The molecule has 150 valence electrons. The van der Waals surface area contributed by atoms with Gasteiger partial charge in [0.2, 0.25) is 11.8 Å². The quantitative estimate of drug-likeness (QED) is 0.732. The first-order chi connectivity index (χ1) is 12.6. The largest absolute Gasteiger partial charge is 0.497 e. The van der Waals surface area contributed by atoms with Crippen molar-refractivity contribution < 1.29 is 19.1 Å². The van der Waals surface area contributed by atoms with Gasteiger partial charge in [-0.1, -0.05) is 0 Å². The van der Waals surface area contributed by atoms with Crippen molar-refractivity contribution in [1.29, 1.82) is 0 Å². The zero-order chi connectivity index (χ0) is 18.5. The molecule has 2 aliphatic rings. The Morgan fingerprint density at radius 1 is 1.22 bits per heavy atom. The van der Waals surface area contributed by atoms with Crippen LogP contribution in [-0.4, -0.2) is 51.7 Å². The van der Waals surface area contributed by atoms with Crippen LogP contribution < -0.4 is 25.0 Å². The molecule has 2 fully saturated rings. The van der Waals surface area contributed by atoms with E-state index in [9.17, 15) is 9.59 Å². The summed E-state index contributed by atoms with van der Waals surface area (Å²) in [5, 5.41) is 6.20. The maximum absolute atomic E-state index is 12.7. The molecule has 0 aliphatic carbocycles. The Labute approximate surface area is 166 Å². The summed E-state index contributed by atoms with van der Waals surface area (Å²) in [5.41, 5.74) is 0.722. The summed E-state index contributed by atoms with van der Waals surface area (Å²) in [6.45, 7) is 2.58. The number of anilines is 1. The number of carbonyl (C=O) groups excluding carboxylic acids is 2. The maximum Gasteiger partial charge on any atom is 0.249 e. The number of benzene rings is 1. The molecule has 1 aromatic rings. The number of ether oxygens (including phenoxy) is 2. The van der Waals surface area contributed by atoms with E-state index < -0.39 is 6.04 Å². The Hall–Kier alpha value is -1.99. The summed E-state index contributed by atoms with van der Waals surface area (Å²) >= 11 is 0. The molecule has 2 saturated heterocycles. The van der Waals surface area contributed by atoms with E-state index in [1.54, 1.807) is 37.3 Å². The van der Waals surface area contributed by atoms with Crippen molar-refractivity contribution in [1.82, 2.24) is 10.6 Å². The second kappa shape index (κ2) is 9.80. The van der Waals surface area contributed by atoms with E-state index in [1.165, 1.54) is 0 Å². The topological polar surface area (TPSA) is 79.9 Å². The first-order valence-electron chi connectivity index (χ1n) is 9.15. The molecule has 3 rings (SSSR count). The zero-order valence-electron chi connectivity index (χ0n) is 15.8. The summed E-state index contributed by atoms with van der Waals surface area (Å²) in [4.78, 5) is 26.6. The van der Waals surface area contributed by atoms with Crippen LogP contribution in [0.3, 0.4) is 0 Å². The molecule has 2 amide bonds. The summed E-state index contributed by atoms with van der Waals surface area (Å²) in [6.07, 6.45) is 3.08. The Bertz CT molecular complexity index is 642. The van der Waals surface area contributed by atoms with Crippen LogP contribution in [0.25, 0.3) is 0 Å². The Kier molecular flexibility index (Phi) is 7.74. The van der Waals surface area contributed by atoms with E-state index in [2.05, 4.69) is 10.6 Å². The van der Waals surface area contributed by atoms with Gasteiger partial charge >= 0.3 is 0 Å². The molecule has 0 bridgehead atoms. The molecule has 2 atom stereocenters. The minimum absolute atomic E-state index is 0. The molecule has 2 heterocycles. The van der Waals surface area contributed by atoms with Gasteiger partial charge in [0.05, 0.1) is 19.9 Å². The van der Waals surface area contributed by atoms with E-state index in [4.69, 9.17) is 9.47 Å². The van der Waals surface area contributed by atoms with Gasteiger partial charge in [0.15, 0.2) is 0 Å². The molecule has 2 N–H and O–H groups in total. The van der Waals surface area contributed by atoms with Crippen LogP contribution in [0, 0.1) is 5.92 Å². The van der Waals surface area contributed by atoms with Crippen molar-refractivity contribution in [3.05, 3.63) is 18.2 Å². The number of rotatable bonds is 7. The second-order valence-electron chi connectivity index (χ2n) is 6.87. The molecular weight excluding hydrogens is 370 g/mol. The number of hydrogen-bond acceptors (Lipinski definition) is 5. The average molecular weight is 398 g/mol. The summed E-state index contributed by atoms with van der Waals surface area (Å²) in [5.74, 6) is 1.70. The Balaban J connectivity index is 0.00000261. The van der Waals surface area contributed by atoms with Crippen LogP contribution in [0.2, 0.25) is 0 Å². The van der Waals surface area contributed by atoms with Gasteiger partial charge < -0.3 is 25.0 Å². The lowest BCUT2D eigenvalue weighted by Crippen LogP contribution is -2.41. The highest BCUT2D eigenvalue weighted by atomic mass is 35.5. The molecule has 0 spiro atoms. The molecule has 0 saturated carbocycles. The number of amides is 2. The van der Waals surface area contributed by atoms with Crippen LogP contribution in [-0.2, 0) is 9.59 Å². The Morgan fingerprint density at radius 3 is 2.52 bits per heavy atom. The molecule has 1 aromatic carbocycles. The van der Waals surface area contributed by atoms with Crippen molar-refractivity contribution in [3.63, 3.8) is 0 Å². The molecule has 7 nitrogen and oxygen atoms in total. The van der Waals surface area contributed by atoms with E-state index in [-0.39, 0.29) is 24.2 Å². The van der Waals surface area contributed by atoms with Gasteiger partial charge in [-0.2, -0.15) is 0 Å². The van der Waals surface area contributed by atoms with E-state index in [0.29, 0.717) is 36.8 Å². The number of nitrogens with one attached hydrogen (secondary N) is 2. The molecule has 0 radical (unpaired) electrons. The highest BCUT2D eigenvalue weighted by Crippen LogP contribution is 2.31. The minimum atomic E-state index is -0.457. The lowest BCUT2D eigenvalue weighted by Gasteiger charge is -2.19. The number of nitrogens with zero attached hydrogens (tertiary/aromatic N) is 1. The summed E-state index contributed by atoms with van der Waals surface area (Å²) in [6, 6.07) is 4.91. The molecular formula is C19H28ClN3O4. The highest BCUT2D eigenvalue weighted by Gasteiger charge is 2.34. The Morgan fingerprint density at radius 2 is 1.93 bits per heavy atom. The van der Waals surface area contributed by atoms with Crippen molar-refractivity contribution >= 4 is 29.9 Å². The normalized spacial score (nSPS) is 21.7. The van der Waals surface area contributed by atoms with E-state index >= 15 is 0 Å². The molecule has 0 aromatic heterocycles. The monoisotopic (exact) mass is 397 g/mol. The number of halogens is 1. The molecule has 2 aliphatic heterocycles. The zero-order valence-corrected chi connectivity index (χ0v) is 16.6. The van der Waals surface area contributed by atoms with Crippen LogP contribution in [0.4, 0.5) is 5.69 Å². The number of methoxy groups -OCH3 is 2. The van der Waals surface area contributed by atoms with E-state index in [0.717, 1.165) is 31.6 Å². The predicted octanol–water partition coefficient (Wildman–Crippen LogP) is 1.74. The molecule has 27 heavy (non-hydrogen) atoms. The van der Waals surface area contributed by atoms with Gasteiger partial charge in [-0.15, -0.1) is 12.4 Å². The van der Waals surface area contributed by atoms with Crippen LogP contribution >= 0.6 is 12.4 Å². The van der Waals surface area contributed by atoms with Crippen LogP contribution in [0.5, 0.6) is 11.5 Å². The van der Waals surface area contributed by atoms with Crippen molar-refractivity contribution in [2.45, 2.75) is 31.7 Å². The molecule has 2 unspecified atom stereocenters. The summed E-state index contributed by atoms with van der Waals surface area (Å²) < 4.78 is 10.5. The van der Waals surface area contributed by atoms with Gasteiger partial charge in [-0.05, 0) is 38.3 Å². The number of hydrogen-bond donors (Lipinski definition) is 2. The SMILES string of the molecule is COc1cc(OC)cc(N2CCC(NC(=O)CCC3CCNC3)C2=O)c1.Cl. The van der Waals surface area contributed by atoms with Gasteiger partial charge in [0, 0.05) is 31.2 Å². The van der Waals surface area contributed by atoms with Gasteiger partial charge in [0.25, 0.3) is 0 Å². The number of carbonyl (C=O) groups is 2. The predicted molar refractivity (Wildman–Crippen MR) is 106 cm³/mol. The fraction of sp³-hybridized carbons (Fsp3) is 0.579. The first kappa shape index (κ1) is 21.3. The lowest BCUT2D eigenvalue weighted by molar-refractivity contribution is -0.126. The van der Waals surface area contributed by atoms with Crippen molar-refractivity contribution in [3.8, 4) is 11.5 Å². The third-order valence-corrected chi connectivity index (χ3v) is 5.13. The van der Waals surface area contributed by atoms with Crippen molar-refractivity contribution in [2.75, 3.05) is 38.8 Å². The fourth-order valence-electron chi connectivity index (χ4n) is 3.58. The summed E-state index contributed by atoms with van der Waals surface area (Å²) in [7, 11) is 3.15. The standard InChI is InChI=1S/C19H27N3O4.ClH/c1-25-15-9-14(10-16(11-15)26-2)22-8-6-17(19(22)24)21-18(23)4-3-13-5-7-20-12-13;/h9-11,13,17,20H,3-8,12H2,1-2H3,(H,21,23);1H. The lowest BCUT2D eigenvalue weighted by atomic mass is 10.0. The fourth-order valence-corrected chi connectivity index (χ4v) is 3.58. The third-order valence-electron chi connectivity index (χ3n) is 5.13.